The quantitative estimate of drug-likeness (QED) is 0.436. The molecule has 0 spiro atoms. The van der Waals surface area contributed by atoms with Crippen molar-refractivity contribution in [2.75, 3.05) is 5.73 Å². The minimum absolute atomic E-state index is 0.0151. The van der Waals surface area contributed by atoms with Gasteiger partial charge in [-0.3, -0.25) is 4.79 Å². The molecule has 0 saturated carbocycles. The summed E-state index contributed by atoms with van der Waals surface area (Å²) in [6.07, 6.45) is 0. The van der Waals surface area contributed by atoms with E-state index in [9.17, 15) is 4.79 Å². The number of hydrogen-bond donors (Lipinski definition) is 2. The van der Waals surface area contributed by atoms with E-state index < -0.39 is 0 Å². The van der Waals surface area contributed by atoms with Crippen molar-refractivity contribution in [3.05, 3.63) is 42.0 Å². The van der Waals surface area contributed by atoms with Crippen LogP contribution in [0, 0.1) is 0 Å². The summed E-state index contributed by atoms with van der Waals surface area (Å²) in [4.78, 5) is 11.2. The van der Waals surface area contributed by atoms with Crippen LogP contribution < -0.4 is 5.73 Å². The van der Waals surface area contributed by atoms with Crippen molar-refractivity contribution in [3.63, 3.8) is 0 Å². The third kappa shape index (κ3) is 2.48. The van der Waals surface area contributed by atoms with E-state index in [1.54, 1.807) is 36.4 Å². The van der Waals surface area contributed by atoms with E-state index in [4.69, 9.17) is 5.73 Å². The van der Waals surface area contributed by atoms with Gasteiger partial charge >= 0.3 is 0 Å². The molecule has 3 rings (SSSR count). The van der Waals surface area contributed by atoms with Crippen LogP contribution in [0.3, 0.4) is 0 Å². The number of Topliss-reactive ketones (excluding diaryl/α,β-unsaturated/α-hetero) is 1. The second-order valence-electron chi connectivity index (χ2n) is 4.50. The van der Waals surface area contributed by atoms with Crippen molar-refractivity contribution in [2.45, 2.75) is 6.92 Å². The average molecular weight is 280 g/mol. The molecule has 3 aromatic rings. The first-order chi connectivity index (χ1) is 10.1. The lowest BCUT2D eigenvalue weighted by atomic mass is 10.1. The number of aromatic amines is 1. The molecular weight excluding hydrogens is 268 g/mol. The third-order valence-electron chi connectivity index (χ3n) is 3.03. The van der Waals surface area contributed by atoms with E-state index in [0.717, 1.165) is 0 Å². The smallest absolute Gasteiger partial charge is 0.159 e. The largest absolute Gasteiger partial charge is 0.397 e. The second kappa shape index (κ2) is 5.12. The molecule has 21 heavy (non-hydrogen) atoms. The Labute approximate surface area is 119 Å². The van der Waals surface area contributed by atoms with E-state index in [1.807, 2.05) is 0 Å². The lowest BCUT2D eigenvalue weighted by molar-refractivity contribution is 0.101. The maximum atomic E-state index is 11.2. The molecule has 7 heteroatoms. The number of benzene rings is 2. The first-order valence-corrected chi connectivity index (χ1v) is 6.27. The number of anilines is 1. The average Bonchev–Trinajstić information content (AvgIpc) is 2.97. The number of carbonyl (C=O) groups excluding carboxylic acids is 1. The monoisotopic (exact) mass is 280 g/mol. The first-order valence-electron chi connectivity index (χ1n) is 6.27. The minimum Gasteiger partial charge on any atom is -0.397 e. The number of azo groups is 1. The molecule has 7 nitrogen and oxygen atoms in total. The topological polar surface area (TPSA) is 109 Å². The van der Waals surface area contributed by atoms with Gasteiger partial charge in [-0.05, 0) is 43.3 Å². The molecule has 104 valence electrons. The van der Waals surface area contributed by atoms with Gasteiger partial charge < -0.3 is 5.73 Å². The van der Waals surface area contributed by atoms with Crippen LogP contribution in [0.15, 0.2) is 46.6 Å². The highest BCUT2D eigenvalue weighted by molar-refractivity contribution is 5.94. The van der Waals surface area contributed by atoms with Gasteiger partial charge in [0.2, 0.25) is 0 Å². The lowest BCUT2D eigenvalue weighted by Crippen LogP contribution is -1.89. The molecule has 0 bridgehead atoms. The molecule has 1 aromatic heterocycles. The van der Waals surface area contributed by atoms with Crippen molar-refractivity contribution in [3.8, 4) is 0 Å². The van der Waals surface area contributed by atoms with E-state index in [2.05, 4.69) is 25.6 Å². The van der Waals surface area contributed by atoms with Crippen LogP contribution in [0.1, 0.15) is 17.3 Å². The zero-order valence-electron chi connectivity index (χ0n) is 11.2. The van der Waals surface area contributed by atoms with E-state index in [1.165, 1.54) is 6.92 Å². The third-order valence-corrected chi connectivity index (χ3v) is 3.03. The summed E-state index contributed by atoms with van der Waals surface area (Å²) in [5.41, 5.74) is 9.32. The van der Waals surface area contributed by atoms with Gasteiger partial charge in [-0.1, -0.05) is 0 Å². The number of aromatic nitrogens is 3. The Morgan fingerprint density at radius 2 is 1.76 bits per heavy atom. The zero-order valence-corrected chi connectivity index (χ0v) is 11.2. The summed E-state index contributed by atoms with van der Waals surface area (Å²) in [6, 6.07) is 10.3. The lowest BCUT2D eigenvalue weighted by Gasteiger charge is -1.98. The zero-order chi connectivity index (χ0) is 14.8. The predicted octanol–water partition coefficient (Wildman–Crippen LogP) is 3.16. The number of fused-ring (bicyclic) bond motifs is 1. The van der Waals surface area contributed by atoms with Crippen molar-refractivity contribution in [1.29, 1.82) is 0 Å². The molecule has 3 N–H and O–H groups in total. The minimum atomic E-state index is 0.0151. The number of ketones is 1. The summed E-state index contributed by atoms with van der Waals surface area (Å²) in [7, 11) is 0. The van der Waals surface area contributed by atoms with Crippen LogP contribution in [-0.2, 0) is 0 Å². The Morgan fingerprint density at radius 3 is 2.48 bits per heavy atom. The summed E-state index contributed by atoms with van der Waals surface area (Å²) in [5, 5.41) is 18.8. The fraction of sp³-hybridized carbons (Fsp3) is 0.0714. The first kappa shape index (κ1) is 12.9. The highest BCUT2D eigenvalue weighted by Gasteiger charge is 2.07. The molecule has 1 heterocycles. The SMILES string of the molecule is CC(=O)c1ccc(N=Nc2ccc(N)c3n[nH]nc23)cc1. The number of H-pyrrole nitrogens is 1. The molecule has 0 fully saturated rings. The van der Waals surface area contributed by atoms with Crippen LogP contribution in [0.5, 0.6) is 0 Å². The molecule has 0 radical (unpaired) electrons. The number of nitrogen functional groups attached to an aromatic ring is 1. The molecule has 0 unspecified atom stereocenters. The Morgan fingerprint density at radius 1 is 1.05 bits per heavy atom. The fourth-order valence-corrected chi connectivity index (χ4v) is 1.89. The van der Waals surface area contributed by atoms with Crippen molar-refractivity contribution >= 4 is 33.9 Å². The molecule has 0 aliphatic rings. The van der Waals surface area contributed by atoms with Crippen LogP contribution >= 0.6 is 0 Å². The van der Waals surface area contributed by atoms with Crippen molar-refractivity contribution < 1.29 is 4.79 Å². The van der Waals surface area contributed by atoms with Gasteiger partial charge in [0.05, 0.1) is 11.4 Å². The summed E-state index contributed by atoms with van der Waals surface area (Å²) in [5.74, 6) is 0.0151. The number of nitrogens with zero attached hydrogens (tertiary/aromatic N) is 4. The number of hydrogen-bond acceptors (Lipinski definition) is 6. The maximum absolute atomic E-state index is 11.2. The predicted molar refractivity (Wildman–Crippen MR) is 78.9 cm³/mol. The highest BCUT2D eigenvalue weighted by Crippen LogP contribution is 2.28. The number of rotatable bonds is 3. The molecular formula is C14H12N6O. The molecule has 0 amide bonds. The van der Waals surface area contributed by atoms with E-state index in [-0.39, 0.29) is 5.78 Å². The van der Waals surface area contributed by atoms with Crippen LogP contribution in [0.4, 0.5) is 17.1 Å². The Balaban J connectivity index is 1.92. The van der Waals surface area contributed by atoms with Crippen LogP contribution in [0.25, 0.3) is 11.0 Å². The van der Waals surface area contributed by atoms with Crippen molar-refractivity contribution in [2.24, 2.45) is 10.2 Å². The van der Waals surface area contributed by atoms with Gasteiger partial charge in [0.1, 0.15) is 16.7 Å². The van der Waals surface area contributed by atoms with Crippen molar-refractivity contribution in [1.82, 2.24) is 15.4 Å². The van der Waals surface area contributed by atoms with Gasteiger partial charge in [0, 0.05) is 5.56 Å². The number of carbonyl (C=O) groups is 1. The van der Waals surface area contributed by atoms with Gasteiger partial charge in [-0.2, -0.15) is 20.5 Å². The summed E-state index contributed by atoms with van der Waals surface area (Å²) >= 11 is 0. The van der Waals surface area contributed by atoms with Gasteiger partial charge in [-0.25, -0.2) is 0 Å². The van der Waals surface area contributed by atoms with E-state index >= 15 is 0 Å². The Hall–Kier alpha value is -3.09. The Kier molecular flexibility index (Phi) is 3.15. The molecule has 0 aliphatic heterocycles. The molecule has 2 aromatic carbocycles. The maximum Gasteiger partial charge on any atom is 0.159 e. The standard InChI is InChI=1S/C14H12N6O/c1-8(21)9-2-4-10(5-3-9)16-17-12-7-6-11(15)13-14(12)19-20-18-13/h2-7H,15H2,1H3,(H,18,19,20). The molecule has 0 saturated heterocycles. The molecule has 0 aliphatic carbocycles. The van der Waals surface area contributed by atoms with E-state index in [0.29, 0.717) is 33.7 Å². The normalized spacial score (nSPS) is 11.3. The van der Waals surface area contributed by atoms with Gasteiger partial charge in [-0.15, -0.1) is 5.11 Å². The summed E-state index contributed by atoms with van der Waals surface area (Å²) < 4.78 is 0. The second-order valence-corrected chi connectivity index (χ2v) is 4.50. The molecule has 0 atom stereocenters. The fourth-order valence-electron chi connectivity index (χ4n) is 1.89. The van der Waals surface area contributed by atoms with Gasteiger partial charge in [0.25, 0.3) is 0 Å². The highest BCUT2D eigenvalue weighted by atomic mass is 16.1. The van der Waals surface area contributed by atoms with Crippen LogP contribution in [-0.4, -0.2) is 21.2 Å². The van der Waals surface area contributed by atoms with Gasteiger partial charge in [0.15, 0.2) is 5.78 Å². The number of nitrogens with one attached hydrogen (secondary N) is 1. The van der Waals surface area contributed by atoms with Crippen LogP contribution in [0.2, 0.25) is 0 Å². The Bertz CT molecular complexity index is 834. The summed E-state index contributed by atoms with van der Waals surface area (Å²) in [6.45, 7) is 1.52. The number of nitrogens with two attached hydrogens (primary N) is 1.